The zero-order chi connectivity index (χ0) is 13.3. The summed E-state index contributed by atoms with van der Waals surface area (Å²) < 4.78 is 1.99. The number of carboxylic acids is 1. The summed E-state index contributed by atoms with van der Waals surface area (Å²) in [6.07, 6.45) is 0. The lowest BCUT2D eigenvalue weighted by Crippen LogP contribution is -2.26. The molecule has 0 amide bonds. The summed E-state index contributed by atoms with van der Waals surface area (Å²) >= 11 is 0. The van der Waals surface area contributed by atoms with Gasteiger partial charge in [0.15, 0.2) is 0 Å². The first-order valence-electron chi connectivity index (χ1n) is 5.17. The summed E-state index contributed by atoms with van der Waals surface area (Å²) in [5.41, 5.74) is -0.490. The van der Waals surface area contributed by atoms with Crippen molar-refractivity contribution in [2.24, 2.45) is 7.05 Å². The number of hydrogen-bond donors (Lipinski definition) is 2. The molecule has 0 aliphatic carbocycles. The van der Waals surface area contributed by atoms with E-state index in [1.165, 1.54) is 13.1 Å². The molecule has 0 fully saturated rings. The molecule has 0 saturated heterocycles. The monoisotopic (exact) mass is 249 g/mol. The predicted octanol–water partition coefficient (Wildman–Crippen LogP) is -0.378. The lowest BCUT2D eigenvalue weighted by atomic mass is 10.1. The fraction of sp³-hybridized carbons (Fsp3) is 0.182. The lowest BCUT2D eigenvalue weighted by molar-refractivity contribution is 0.0695. The van der Waals surface area contributed by atoms with E-state index >= 15 is 0 Å². The molecule has 0 atom stereocenters. The van der Waals surface area contributed by atoms with Gasteiger partial charge < -0.3 is 5.11 Å². The average Bonchev–Trinajstić information content (AvgIpc) is 2.57. The first-order valence-corrected chi connectivity index (χ1v) is 5.17. The zero-order valence-electron chi connectivity index (χ0n) is 9.58. The molecule has 0 bridgehead atoms. The van der Waals surface area contributed by atoms with Crippen molar-refractivity contribution < 1.29 is 9.90 Å². The molecule has 0 unspecified atom stereocenters. The van der Waals surface area contributed by atoms with Crippen LogP contribution in [0.5, 0.6) is 0 Å². The number of carboxylic acid groups (broad SMARTS) is 1. The Morgan fingerprint density at radius 3 is 2.56 bits per heavy atom. The SMILES string of the molecule is Cn1c(=O)[nH]n(Cc2ccccc2C(=O)O)c1=O. The van der Waals surface area contributed by atoms with Crippen LogP contribution in [0.3, 0.4) is 0 Å². The highest BCUT2D eigenvalue weighted by Crippen LogP contribution is 2.09. The summed E-state index contributed by atoms with van der Waals surface area (Å²) in [6.45, 7) is 0.0113. The largest absolute Gasteiger partial charge is 0.478 e. The molecule has 2 rings (SSSR count). The highest BCUT2D eigenvalue weighted by molar-refractivity contribution is 5.89. The molecule has 2 aromatic rings. The summed E-state index contributed by atoms with van der Waals surface area (Å²) in [7, 11) is 1.35. The number of aromatic carboxylic acids is 1. The maximum absolute atomic E-state index is 11.6. The Morgan fingerprint density at radius 2 is 2.00 bits per heavy atom. The van der Waals surface area contributed by atoms with E-state index in [-0.39, 0.29) is 12.1 Å². The summed E-state index contributed by atoms with van der Waals surface area (Å²) in [6, 6.07) is 6.32. The standard InChI is InChI=1S/C11H11N3O4/c1-13-10(17)12-14(11(13)18)6-7-4-2-3-5-8(7)9(15)16/h2-5H,6H2,1H3,(H,12,17)(H,15,16). The van der Waals surface area contributed by atoms with Crippen LogP contribution in [0.15, 0.2) is 33.9 Å². The number of nitrogens with zero attached hydrogens (tertiary/aromatic N) is 2. The van der Waals surface area contributed by atoms with Gasteiger partial charge in [-0.3, -0.25) is 0 Å². The summed E-state index contributed by atoms with van der Waals surface area (Å²) in [5, 5.41) is 11.4. The molecule has 94 valence electrons. The molecular formula is C11H11N3O4. The number of aromatic amines is 1. The quantitative estimate of drug-likeness (QED) is 0.775. The molecule has 0 radical (unpaired) electrons. The van der Waals surface area contributed by atoms with Gasteiger partial charge in [0.1, 0.15) is 0 Å². The molecule has 2 N–H and O–H groups in total. The van der Waals surface area contributed by atoms with E-state index < -0.39 is 17.3 Å². The summed E-state index contributed by atoms with van der Waals surface area (Å²) in [5.74, 6) is -1.07. The van der Waals surface area contributed by atoms with Crippen LogP contribution >= 0.6 is 0 Å². The van der Waals surface area contributed by atoms with E-state index in [9.17, 15) is 14.4 Å². The molecule has 1 aromatic carbocycles. The van der Waals surface area contributed by atoms with Crippen LogP contribution < -0.4 is 11.4 Å². The minimum absolute atomic E-state index is 0.0113. The van der Waals surface area contributed by atoms with Crippen LogP contribution in [-0.4, -0.2) is 25.4 Å². The van der Waals surface area contributed by atoms with Crippen molar-refractivity contribution in [1.29, 1.82) is 0 Å². The average molecular weight is 249 g/mol. The third-order valence-electron chi connectivity index (χ3n) is 2.63. The molecule has 7 nitrogen and oxygen atoms in total. The fourth-order valence-electron chi connectivity index (χ4n) is 1.65. The number of nitrogens with one attached hydrogen (secondary N) is 1. The molecule has 7 heteroatoms. The van der Waals surface area contributed by atoms with E-state index in [2.05, 4.69) is 5.10 Å². The molecule has 0 saturated carbocycles. The van der Waals surface area contributed by atoms with Crippen LogP contribution in [0.25, 0.3) is 0 Å². The topological polar surface area (TPSA) is 97.1 Å². The Balaban J connectivity index is 2.46. The van der Waals surface area contributed by atoms with Gasteiger partial charge in [-0.05, 0) is 11.6 Å². The first kappa shape index (κ1) is 11.9. The van der Waals surface area contributed by atoms with E-state index in [4.69, 9.17) is 5.11 Å². The minimum atomic E-state index is -1.07. The van der Waals surface area contributed by atoms with Crippen molar-refractivity contribution in [2.45, 2.75) is 6.54 Å². The normalized spacial score (nSPS) is 10.5. The van der Waals surface area contributed by atoms with Crippen molar-refractivity contribution in [3.05, 3.63) is 56.4 Å². The van der Waals surface area contributed by atoms with Crippen molar-refractivity contribution in [3.8, 4) is 0 Å². The Morgan fingerprint density at radius 1 is 1.33 bits per heavy atom. The Kier molecular flexibility index (Phi) is 2.88. The Bertz CT molecular complexity index is 708. The van der Waals surface area contributed by atoms with Crippen molar-refractivity contribution in [3.63, 3.8) is 0 Å². The van der Waals surface area contributed by atoms with Gasteiger partial charge in [-0.2, -0.15) is 0 Å². The number of benzene rings is 1. The van der Waals surface area contributed by atoms with Crippen LogP contribution in [0, 0.1) is 0 Å². The Labute approximate surface area is 101 Å². The van der Waals surface area contributed by atoms with Gasteiger partial charge in [-0.1, -0.05) is 18.2 Å². The Hall–Kier alpha value is -2.57. The zero-order valence-corrected chi connectivity index (χ0v) is 9.58. The second kappa shape index (κ2) is 4.36. The molecule has 1 aromatic heterocycles. The molecule has 0 aliphatic heterocycles. The van der Waals surface area contributed by atoms with E-state index in [0.29, 0.717) is 5.56 Å². The maximum Gasteiger partial charge on any atom is 0.347 e. The van der Waals surface area contributed by atoms with Crippen LogP contribution in [-0.2, 0) is 13.6 Å². The van der Waals surface area contributed by atoms with Gasteiger partial charge in [0.2, 0.25) is 0 Å². The molecule has 0 spiro atoms. The lowest BCUT2D eigenvalue weighted by Gasteiger charge is -2.05. The molecule has 1 heterocycles. The van der Waals surface area contributed by atoms with E-state index in [1.807, 2.05) is 0 Å². The van der Waals surface area contributed by atoms with Gasteiger partial charge >= 0.3 is 17.3 Å². The first-order chi connectivity index (χ1) is 8.50. The predicted molar refractivity (Wildman–Crippen MR) is 62.8 cm³/mol. The number of rotatable bonds is 3. The van der Waals surface area contributed by atoms with Gasteiger partial charge in [0.05, 0.1) is 12.1 Å². The van der Waals surface area contributed by atoms with Crippen LogP contribution in [0.2, 0.25) is 0 Å². The van der Waals surface area contributed by atoms with Crippen molar-refractivity contribution in [1.82, 2.24) is 14.3 Å². The highest BCUT2D eigenvalue weighted by Gasteiger charge is 2.12. The summed E-state index contributed by atoms with van der Waals surface area (Å²) in [4.78, 5) is 33.9. The smallest absolute Gasteiger partial charge is 0.347 e. The van der Waals surface area contributed by atoms with Crippen molar-refractivity contribution in [2.75, 3.05) is 0 Å². The van der Waals surface area contributed by atoms with Gasteiger partial charge in [0, 0.05) is 7.05 Å². The van der Waals surface area contributed by atoms with Gasteiger partial charge in [-0.25, -0.2) is 28.7 Å². The van der Waals surface area contributed by atoms with Crippen LogP contribution in [0.4, 0.5) is 0 Å². The molecule has 18 heavy (non-hydrogen) atoms. The third kappa shape index (κ3) is 1.97. The minimum Gasteiger partial charge on any atom is -0.478 e. The van der Waals surface area contributed by atoms with Gasteiger partial charge in [0.25, 0.3) is 0 Å². The number of aromatic nitrogens is 3. The number of H-pyrrole nitrogens is 1. The van der Waals surface area contributed by atoms with E-state index in [0.717, 1.165) is 9.25 Å². The maximum atomic E-state index is 11.6. The fourth-order valence-corrected chi connectivity index (χ4v) is 1.65. The van der Waals surface area contributed by atoms with Crippen molar-refractivity contribution >= 4 is 5.97 Å². The second-order valence-corrected chi connectivity index (χ2v) is 3.81. The highest BCUT2D eigenvalue weighted by atomic mass is 16.4. The van der Waals surface area contributed by atoms with E-state index in [1.54, 1.807) is 18.2 Å². The molecule has 0 aliphatic rings. The van der Waals surface area contributed by atoms with Gasteiger partial charge in [-0.15, -0.1) is 0 Å². The second-order valence-electron chi connectivity index (χ2n) is 3.81. The van der Waals surface area contributed by atoms with Crippen LogP contribution in [0.1, 0.15) is 15.9 Å². The third-order valence-corrected chi connectivity index (χ3v) is 2.63. The number of carbonyl (C=O) groups is 1. The number of hydrogen-bond acceptors (Lipinski definition) is 3. The molecular weight excluding hydrogens is 238 g/mol.